The molecule has 0 aromatic heterocycles. The van der Waals surface area contributed by atoms with E-state index in [1.165, 1.54) is 0 Å². The summed E-state index contributed by atoms with van der Waals surface area (Å²) in [6.45, 7) is 4.79. The number of nitrogens with two attached hydrogens (primary N) is 1. The van der Waals surface area contributed by atoms with Crippen LogP contribution in [0.15, 0.2) is 0 Å². The SMILES string of the molecule is C#CCN(OC(N)=O)C(=O)OC(C)(C)C. The summed E-state index contributed by atoms with van der Waals surface area (Å²) in [5, 5.41) is 0.577. The first-order chi connectivity index (χ1) is 6.76. The molecule has 0 aliphatic rings. The van der Waals surface area contributed by atoms with Gasteiger partial charge in [-0.1, -0.05) is 5.92 Å². The van der Waals surface area contributed by atoms with E-state index in [1.54, 1.807) is 20.8 Å². The summed E-state index contributed by atoms with van der Waals surface area (Å²) in [5.74, 6) is 2.13. The number of carbonyl (C=O) groups excluding carboxylic acids is 2. The standard InChI is InChI=1S/C9H14N2O4/c1-5-6-11(15-7(10)12)8(13)14-9(2,3)4/h1H,6H2,2-4H3,(H2,10,12). The van der Waals surface area contributed by atoms with Crippen LogP contribution in [-0.4, -0.2) is 29.4 Å². The Hall–Kier alpha value is -1.90. The first-order valence-electron chi connectivity index (χ1n) is 4.17. The molecule has 0 heterocycles. The Morgan fingerprint density at radius 1 is 1.47 bits per heavy atom. The van der Waals surface area contributed by atoms with E-state index >= 15 is 0 Å². The third-order valence-corrected chi connectivity index (χ3v) is 1.03. The van der Waals surface area contributed by atoms with Crippen molar-refractivity contribution in [2.24, 2.45) is 5.73 Å². The van der Waals surface area contributed by atoms with Gasteiger partial charge in [0.15, 0.2) is 0 Å². The molecule has 0 atom stereocenters. The van der Waals surface area contributed by atoms with Crippen molar-refractivity contribution in [2.45, 2.75) is 26.4 Å². The van der Waals surface area contributed by atoms with Gasteiger partial charge in [0.05, 0.1) is 0 Å². The molecule has 84 valence electrons. The van der Waals surface area contributed by atoms with Crippen LogP contribution in [-0.2, 0) is 9.57 Å². The molecular weight excluding hydrogens is 200 g/mol. The Balaban J connectivity index is 4.43. The van der Waals surface area contributed by atoms with Gasteiger partial charge in [0.1, 0.15) is 12.1 Å². The van der Waals surface area contributed by atoms with Gasteiger partial charge in [-0.15, -0.1) is 11.5 Å². The molecule has 2 N–H and O–H groups in total. The van der Waals surface area contributed by atoms with Crippen LogP contribution in [0.25, 0.3) is 0 Å². The van der Waals surface area contributed by atoms with Crippen LogP contribution in [0.4, 0.5) is 9.59 Å². The fourth-order valence-electron chi connectivity index (χ4n) is 0.638. The van der Waals surface area contributed by atoms with Crippen molar-refractivity contribution < 1.29 is 19.2 Å². The number of hydrogen-bond acceptors (Lipinski definition) is 4. The Morgan fingerprint density at radius 2 is 2.00 bits per heavy atom. The molecule has 0 aliphatic carbocycles. The minimum Gasteiger partial charge on any atom is -0.442 e. The number of hydroxylamine groups is 2. The molecule has 0 rings (SSSR count). The second-order valence-corrected chi connectivity index (χ2v) is 3.63. The number of terminal acetylenes is 1. The van der Waals surface area contributed by atoms with E-state index in [4.69, 9.17) is 16.9 Å². The lowest BCUT2D eigenvalue weighted by Gasteiger charge is -2.24. The van der Waals surface area contributed by atoms with E-state index in [1.807, 2.05) is 0 Å². The molecule has 0 spiro atoms. The van der Waals surface area contributed by atoms with E-state index in [9.17, 15) is 9.59 Å². The van der Waals surface area contributed by atoms with E-state index in [2.05, 4.69) is 10.8 Å². The number of hydrogen-bond donors (Lipinski definition) is 1. The summed E-state index contributed by atoms with van der Waals surface area (Å²) in [6.07, 6.45) is 2.98. The number of rotatable bonds is 1. The summed E-state index contributed by atoms with van der Waals surface area (Å²) in [4.78, 5) is 26.1. The fraction of sp³-hybridized carbons (Fsp3) is 0.556. The van der Waals surface area contributed by atoms with Crippen molar-refractivity contribution in [2.75, 3.05) is 6.54 Å². The highest BCUT2D eigenvalue weighted by Gasteiger charge is 2.23. The predicted octanol–water partition coefficient (Wildman–Crippen LogP) is 0.867. The van der Waals surface area contributed by atoms with Crippen LogP contribution >= 0.6 is 0 Å². The van der Waals surface area contributed by atoms with Crippen molar-refractivity contribution in [1.82, 2.24) is 5.06 Å². The third kappa shape index (κ3) is 6.21. The van der Waals surface area contributed by atoms with Gasteiger partial charge in [-0.25, -0.2) is 9.59 Å². The maximum Gasteiger partial charge on any atom is 0.444 e. The Labute approximate surface area is 88.3 Å². The van der Waals surface area contributed by atoms with E-state index in [0.717, 1.165) is 0 Å². The highest BCUT2D eigenvalue weighted by atomic mass is 16.8. The van der Waals surface area contributed by atoms with Gasteiger partial charge in [-0.2, -0.15) is 0 Å². The predicted molar refractivity (Wildman–Crippen MR) is 52.4 cm³/mol. The molecule has 6 nitrogen and oxygen atoms in total. The number of carbonyl (C=O) groups is 2. The zero-order chi connectivity index (χ0) is 12.1. The minimum atomic E-state index is -1.13. The van der Waals surface area contributed by atoms with Gasteiger partial charge in [0.2, 0.25) is 0 Å². The highest BCUT2D eigenvalue weighted by molar-refractivity contribution is 5.71. The second-order valence-electron chi connectivity index (χ2n) is 3.63. The van der Waals surface area contributed by atoms with Crippen LogP contribution in [0.2, 0.25) is 0 Å². The molecule has 0 radical (unpaired) electrons. The van der Waals surface area contributed by atoms with Crippen molar-refractivity contribution >= 4 is 12.2 Å². The number of amides is 2. The van der Waals surface area contributed by atoms with E-state index in [0.29, 0.717) is 5.06 Å². The summed E-state index contributed by atoms with van der Waals surface area (Å²) in [7, 11) is 0. The maximum atomic E-state index is 11.4. The van der Waals surface area contributed by atoms with E-state index < -0.39 is 17.8 Å². The van der Waals surface area contributed by atoms with Crippen molar-refractivity contribution in [3.8, 4) is 12.3 Å². The van der Waals surface area contributed by atoms with Crippen LogP contribution in [0, 0.1) is 12.3 Å². The lowest BCUT2D eigenvalue weighted by atomic mass is 10.2. The minimum absolute atomic E-state index is 0.224. The molecule has 0 unspecified atom stereocenters. The van der Waals surface area contributed by atoms with Crippen molar-refractivity contribution in [1.29, 1.82) is 0 Å². The normalized spacial score (nSPS) is 10.0. The summed E-state index contributed by atoms with van der Waals surface area (Å²) < 4.78 is 4.91. The molecule has 0 saturated carbocycles. The zero-order valence-corrected chi connectivity index (χ0v) is 8.94. The molecule has 0 aromatic carbocycles. The molecule has 0 aliphatic heterocycles. The van der Waals surface area contributed by atoms with Gasteiger partial charge in [0.25, 0.3) is 0 Å². The van der Waals surface area contributed by atoms with Crippen LogP contribution in [0.3, 0.4) is 0 Å². The summed E-state index contributed by atoms with van der Waals surface area (Å²) in [6, 6.07) is 0. The highest BCUT2D eigenvalue weighted by Crippen LogP contribution is 2.09. The lowest BCUT2D eigenvalue weighted by Crippen LogP contribution is -2.39. The number of ether oxygens (including phenoxy) is 1. The van der Waals surface area contributed by atoms with Gasteiger partial charge >= 0.3 is 12.2 Å². The van der Waals surface area contributed by atoms with Crippen LogP contribution in [0.1, 0.15) is 20.8 Å². The average Bonchev–Trinajstić information content (AvgIpc) is 1.99. The Kier molecular flexibility index (Phi) is 4.45. The molecule has 15 heavy (non-hydrogen) atoms. The first kappa shape index (κ1) is 13.1. The molecule has 6 heteroatoms. The van der Waals surface area contributed by atoms with E-state index in [-0.39, 0.29) is 6.54 Å². The van der Waals surface area contributed by atoms with Gasteiger partial charge in [0, 0.05) is 0 Å². The number of primary amides is 1. The van der Waals surface area contributed by atoms with Crippen LogP contribution < -0.4 is 5.73 Å². The lowest BCUT2D eigenvalue weighted by molar-refractivity contribution is -0.0898. The molecule has 0 fully saturated rings. The topological polar surface area (TPSA) is 81.9 Å². The zero-order valence-electron chi connectivity index (χ0n) is 8.94. The molecule has 0 saturated heterocycles. The summed E-state index contributed by atoms with van der Waals surface area (Å²) in [5.41, 5.74) is 4.04. The molecule has 0 bridgehead atoms. The van der Waals surface area contributed by atoms with Crippen molar-refractivity contribution in [3.63, 3.8) is 0 Å². The molecule has 2 amide bonds. The van der Waals surface area contributed by atoms with Gasteiger partial charge in [-0.3, -0.25) is 0 Å². The van der Waals surface area contributed by atoms with Gasteiger partial charge in [-0.05, 0) is 20.8 Å². The second kappa shape index (κ2) is 5.10. The van der Waals surface area contributed by atoms with Crippen molar-refractivity contribution in [3.05, 3.63) is 0 Å². The number of nitrogens with zero attached hydrogens (tertiary/aromatic N) is 1. The third-order valence-electron chi connectivity index (χ3n) is 1.03. The fourth-order valence-corrected chi connectivity index (χ4v) is 0.638. The van der Waals surface area contributed by atoms with Crippen LogP contribution in [0.5, 0.6) is 0 Å². The smallest absolute Gasteiger partial charge is 0.442 e. The Bertz CT molecular complexity index is 287. The quantitative estimate of drug-likeness (QED) is 0.518. The summed E-state index contributed by atoms with van der Waals surface area (Å²) >= 11 is 0. The van der Waals surface area contributed by atoms with Gasteiger partial charge < -0.3 is 15.3 Å². The first-order valence-corrected chi connectivity index (χ1v) is 4.17. The molecular formula is C9H14N2O4. The average molecular weight is 214 g/mol. The maximum absolute atomic E-state index is 11.4. The Morgan fingerprint density at radius 3 is 2.33 bits per heavy atom. The molecule has 0 aromatic rings. The monoisotopic (exact) mass is 214 g/mol. The largest absolute Gasteiger partial charge is 0.444 e.